The van der Waals surface area contributed by atoms with Crippen molar-refractivity contribution in [2.24, 2.45) is 38.7 Å². The summed E-state index contributed by atoms with van der Waals surface area (Å²) >= 11 is 0. The van der Waals surface area contributed by atoms with E-state index in [0.717, 1.165) is 10.9 Å². The number of guanidine groups is 2. The molecule has 8 amide bonds. The minimum atomic E-state index is -1.35. The zero-order chi connectivity index (χ0) is 53.0. The van der Waals surface area contributed by atoms with Gasteiger partial charge in [0.1, 0.15) is 30.2 Å². The van der Waals surface area contributed by atoms with Gasteiger partial charge in [-0.3, -0.25) is 53.2 Å². The number of primary amides is 1. The van der Waals surface area contributed by atoms with E-state index < -0.39 is 102 Å². The van der Waals surface area contributed by atoms with E-state index in [1.165, 1.54) is 11.8 Å². The number of fused-ring (bicyclic) bond motifs is 2. The zero-order valence-electron chi connectivity index (χ0n) is 40.9. The van der Waals surface area contributed by atoms with Crippen molar-refractivity contribution in [3.05, 3.63) is 71.9 Å². The van der Waals surface area contributed by atoms with Crippen molar-refractivity contribution in [3.8, 4) is 0 Å². The Morgan fingerprint density at radius 2 is 1.41 bits per heavy atom. The van der Waals surface area contributed by atoms with Crippen LogP contribution in [0.5, 0.6) is 0 Å². The maximum atomic E-state index is 14.7. The van der Waals surface area contributed by atoms with Crippen molar-refractivity contribution in [2.45, 2.75) is 126 Å². The number of hydrogen-bond acceptors (Lipinski definition) is 12. The molecule has 5 rings (SSSR count). The van der Waals surface area contributed by atoms with Crippen LogP contribution in [0.1, 0.15) is 75.8 Å². The van der Waals surface area contributed by atoms with Gasteiger partial charge in [-0.15, -0.1) is 0 Å². The quantitative estimate of drug-likeness (QED) is 0.0377. The van der Waals surface area contributed by atoms with Gasteiger partial charge < -0.3 is 76.0 Å². The van der Waals surface area contributed by atoms with Crippen LogP contribution < -0.4 is 65.9 Å². The van der Waals surface area contributed by atoms with E-state index in [1.54, 1.807) is 36.5 Å². The van der Waals surface area contributed by atoms with Gasteiger partial charge in [-0.05, 0) is 68.6 Å². The molecule has 396 valence electrons. The van der Waals surface area contributed by atoms with E-state index >= 15 is 0 Å². The van der Waals surface area contributed by atoms with Gasteiger partial charge >= 0.3 is 0 Å². The number of aliphatic hydroxyl groups is 1. The number of nitrogens with zero attached hydrogens (tertiary/aromatic N) is 3. The van der Waals surface area contributed by atoms with Crippen molar-refractivity contribution in [1.82, 2.24) is 47.1 Å². The number of carbonyl (C=O) groups is 8. The summed E-state index contributed by atoms with van der Waals surface area (Å²) in [6.45, 7) is 1.36. The Balaban J connectivity index is 1.52. The van der Waals surface area contributed by atoms with E-state index in [4.69, 9.17) is 28.7 Å². The van der Waals surface area contributed by atoms with Crippen LogP contribution in [0.4, 0.5) is 0 Å². The lowest BCUT2D eigenvalue weighted by atomic mass is 10.0. The molecule has 0 bridgehead atoms. The molecule has 2 fully saturated rings. The van der Waals surface area contributed by atoms with Gasteiger partial charge in [0.2, 0.25) is 47.3 Å². The van der Waals surface area contributed by atoms with Crippen LogP contribution in [0.15, 0.2) is 70.8 Å². The maximum absolute atomic E-state index is 14.7. The molecule has 0 aliphatic carbocycles. The number of nitrogens with two attached hydrogens (primary N) is 5. The van der Waals surface area contributed by atoms with Gasteiger partial charge in [0.05, 0.1) is 24.7 Å². The first-order valence-electron chi connectivity index (χ1n) is 24.4. The molecule has 19 N–H and O–H groups in total. The number of rotatable bonds is 16. The highest BCUT2D eigenvalue weighted by Crippen LogP contribution is 2.24. The summed E-state index contributed by atoms with van der Waals surface area (Å²) in [7, 11) is 0. The summed E-state index contributed by atoms with van der Waals surface area (Å²) in [4.78, 5) is 124. The van der Waals surface area contributed by atoms with E-state index in [-0.39, 0.29) is 89.5 Å². The maximum Gasteiger partial charge on any atom is 0.243 e. The summed E-state index contributed by atoms with van der Waals surface area (Å²) in [6.07, 6.45) is -0.162. The van der Waals surface area contributed by atoms with Gasteiger partial charge in [-0.1, -0.05) is 48.5 Å². The molecule has 2 aromatic carbocycles. The summed E-state index contributed by atoms with van der Waals surface area (Å²) < 4.78 is 0. The van der Waals surface area contributed by atoms with Gasteiger partial charge in [-0.2, -0.15) is 0 Å². The predicted molar refractivity (Wildman–Crippen MR) is 271 cm³/mol. The van der Waals surface area contributed by atoms with Crippen LogP contribution in [-0.2, 0) is 51.2 Å². The third-order valence-corrected chi connectivity index (χ3v) is 12.5. The molecule has 73 heavy (non-hydrogen) atoms. The number of aliphatic imine (C=N–C) groups is 2. The molecular weight excluding hydrogens is 945 g/mol. The molecule has 0 unspecified atom stereocenters. The van der Waals surface area contributed by atoms with E-state index in [2.05, 4.69) is 52.2 Å². The number of hydrogen-bond donors (Lipinski definition) is 14. The molecule has 0 spiro atoms. The Hall–Kier alpha value is -7.80. The summed E-state index contributed by atoms with van der Waals surface area (Å²) in [5.74, 6) is -5.99. The fraction of sp³-hybridized carbons (Fsp3) is 0.500. The molecular formula is C48H70N16O9. The van der Waals surface area contributed by atoms with Crippen molar-refractivity contribution in [1.29, 1.82) is 0 Å². The normalized spacial score (nSPS) is 23.3. The van der Waals surface area contributed by atoms with Crippen LogP contribution in [0, 0.1) is 0 Å². The molecule has 8 atom stereocenters. The zero-order valence-corrected chi connectivity index (χ0v) is 40.9. The number of para-hydroxylation sites is 1. The molecule has 25 nitrogen and oxygen atoms in total. The van der Waals surface area contributed by atoms with Gasteiger partial charge in [0, 0.05) is 63.0 Å². The van der Waals surface area contributed by atoms with E-state index in [1.807, 2.05) is 24.3 Å². The number of H-pyrrole nitrogens is 1. The van der Waals surface area contributed by atoms with Gasteiger partial charge in [0.15, 0.2) is 11.9 Å². The molecule has 3 heterocycles. The number of benzene rings is 2. The Labute approximate surface area is 422 Å². The molecule has 25 heteroatoms. The lowest BCUT2D eigenvalue weighted by Crippen LogP contribution is -2.61. The lowest BCUT2D eigenvalue weighted by Gasteiger charge is -2.34. The highest BCUT2D eigenvalue weighted by molar-refractivity contribution is 5.97. The largest absolute Gasteiger partial charge is 0.392 e. The standard InChI is InChI=1S/C48H70N16O9/c1-27(65)58-34(16-9-19-55-47(50)51)43(70)63-39-24-40(67)54-18-8-7-15-33(41(49)68)59-45(72)37(22-29-25-57-32-14-6-5-13-31(29)32)61-42(69)35(17-10-20-56-48(52)53)60-44(71)36(21-28-11-3-2-4-12-28)62-46(73)38-23-30(66)26-64(38)39/h2-6,11-14,25,30,33-39,57,66H,7-10,15-24,26H2,1H3,(H2,49,68)(H,54,67)(H,58,65)(H,59,72)(H,60,71)(H,61,69)(H,62,73)(H,63,70)(H4,50,51,55)(H4,52,53,56)/t30-,33+,34+,35+,36-,37+,38+,39-/m1/s1. The van der Waals surface area contributed by atoms with E-state index in [9.17, 15) is 43.5 Å². The third kappa shape index (κ3) is 17.8. The Morgan fingerprint density at radius 1 is 0.781 bits per heavy atom. The second kappa shape index (κ2) is 27.7. The Kier molecular flexibility index (Phi) is 21.3. The second-order valence-electron chi connectivity index (χ2n) is 18.2. The summed E-state index contributed by atoms with van der Waals surface area (Å²) in [5, 5.41) is 31.2. The first kappa shape index (κ1) is 56.1. The number of nitrogens with one attached hydrogen (secondary N) is 8. The highest BCUT2D eigenvalue weighted by Gasteiger charge is 2.43. The number of carbonyl (C=O) groups excluding carboxylic acids is 8. The highest BCUT2D eigenvalue weighted by atomic mass is 16.3. The fourth-order valence-corrected chi connectivity index (χ4v) is 8.85. The van der Waals surface area contributed by atoms with Crippen molar-refractivity contribution >= 4 is 70.1 Å². The van der Waals surface area contributed by atoms with Gasteiger partial charge in [0.25, 0.3) is 0 Å². The smallest absolute Gasteiger partial charge is 0.243 e. The predicted octanol–water partition coefficient (Wildman–Crippen LogP) is -3.44. The molecule has 1 aromatic heterocycles. The minimum Gasteiger partial charge on any atom is -0.392 e. The van der Waals surface area contributed by atoms with E-state index in [0.29, 0.717) is 24.0 Å². The molecule has 2 saturated heterocycles. The van der Waals surface area contributed by atoms with Crippen LogP contribution >= 0.6 is 0 Å². The number of aromatic amines is 1. The average molecular weight is 1020 g/mol. The Morgan fingerprint density at radius 3 is 2.11 bits per heavy atom. The topological polar surface area (TPSA) is 415 Å². The van der Waals surface area contributed by atoms with Crippen LogP contribution in [0.25, 0.3) is 10.9 Å². The van der Waals surface area contributed by atoms with Crippen molar-refractivity contribution < 1.29 is 43.5 Å². The molecule has 0 radical (unpaired) electrons. The Bertz CT molecular complexity index is 2460. The van der Waals surface area contributed by atoms with Crippen LogP contribution in [-0.4, -0.2) is 149 Å². The van der Waals surface area contributed by atoms with Gasteiger partial charge in [-0.25, -0.2) is 0 Å². The number of aliphatic hydroxyl groups excluding tert-OH is 1. The number of amides is 8. The third-order valence-electron chi connectivity index (χ3n) is 12.5. The van der Waals surface area contributed by atoms with Crippen molar-refractivity contribution in [2.75, 3.05) is 26.2 Å². The number of aromatic nitrogens is 1. The SMILES string of the molecule is CC(=O)N[C@@H](CCCN=C(N)N)C(=O)N[C@H]1CC(=O)NCCCC[C@@H](C(N)=O)NC(=O)[C@H](Cc2c[nH]c3ccccc23)NC(=O)[C@H](CCCN=C(N)N)NC(=O)[C@@H](Cc2ccccc2)NC(=O)[C@@H]2C[C@@H](O)CN12. The minimum absolute atomic E-state index is 0.0362. The summed E-state index contributed by atoms with van der Waals surface area (Å²) in [6, 6.07) is 8.61. The average Bonchev–Trinajstić information content (AvgIpc) is 3.94. The van der Waals surface area contributed by atoms with Crippen molar-refractivity contribution in [3.63, 3.8) is 0 Å². The molecule has 2 aliphatic heterocycles. The molecule has 2 aliphatic rings. The fourth-order valence-electron chi connectivity index (χ4n) is 8.85. The first-order chi connectivity index (χ1) is 34.9. The monoisotopic (exact) mass is 1010 g/mol. The lowest BCUT2D eigenvalue weighted by molar-refractivity contribution is -0.136. The summed E-state index contributed by atoms with van der Waals surface area (Å²) in [5.41, 5.74) is 30.0. The van der Waals surface area contributed by atoms with Crippen LogP contribution in [0.2, 0.25) is 0 Å². The molecule has 3 aromatic rings. The second-order valence-corrected chi connectivity index (χ2v) is 18.2. The molecule has 0 saturated carbocycles. The first-order valence-corrected chi connectivity index (χ1v) is 24.4. The van der Waals surface area contributed by atoms with Crippen LogP contribution in [0.3, 0.4) is 0 Å².